The highest BCUT2D eigenvalue weighted by molar-refractivity contribution is 5.80. The van der Waals surface area contributed by atoms with Gasteiger partial charge in [-0.15, -0.1) is 0 Å². The molecule has 3 fully saturated rings. The Morgan fingerprint density at radius 3 is 2.39 bits per heavy atom. The monoisotopic (exact) mass is 313 g/mol. The van der Waals surface area contributed by atoms with Crippen LogP contribution in [0.15, 0.2) is 30.3 Å². The highest BCUT2D eigenvalue weighted by Crippen LogP contribution is 2.48. The van der Waals surface area contributed by atoms with Crippen molar-refractivity contribution >= 4 is 5.91 Å². The molecule has 2 bridgehead atoms. The predicted octanol–water partition coefficient (Wildman–Crippen LogP) is 1.70. The Morgan fingerprint density at radius 1 is 1.04 bits per heavy atom. The van der Waals surface area contributed by atoms with Gasteiger partial charge in [0.2, 0.25) is 5.91 Å². The number of amides is 1. The molecule has 2 saturated carbocycles. The maximum absolute atomic E-state index is 12.9. The third-order valence-corrected chi connectivity index (χ3v) is 6.20. The number of piperazine rings is 1. The van der Waals surface area contributed by atoms with E-state index in [1.54, 1.807) is 0 Å². The molecule has 4 heteroatoms. The van der Waals surface area contributed by atoms with Gasteiger partial charge in [0.05, 0.1) is 5.92 Å². The molecule has 0 aromatic heterocycles. The van der Waals surface area contributed by atoms with Crippen LogP contribution in [0.5, 0.6) is 0 Å². The number of hydrogen-bond acceptors (Lipinski definition) is 3. The van der Waals surface area contributed by atoms with E-state index in [1.165, 1.54) is 24.8 Å². The van der Waals surface area contributed by atoms with Crippen molar-refractivity contribution in [2.24, 2.45) is 23.5 Å². The van der Waals surface area contributed by atoms with Crippen molar-refractivity contribution in [1.29, 1.82) is 0 Å². The Labute approximate surface area is 138 Å². The van der Waals surface area contributed by atoms with Gasteiger partial charge in [-0.2, -0.15) is 0 Å². The molecular formula is C19H27N3O. The Balaban J connectivity index is 1.32. The van der Waals surface area contributed by atoms with Crippen LogP contribution in [-0.2, 0) is 11.3 Å². The van der Waals surface area contributed by atoms with Gasteiger partial charge in [-0.05, 0) is 36.7 Å². The van der Waals surface area contributed by atoms with Gasteiger partial charge in [-0.1, -0.05) is 30.3 Å². The van der Waals surface area contributed by atoms with Gasteiger partial charge in [0.25, 0.3) is 0 Å². The molecule has 1 heterocycles. The summed E-state index contributed by atoms with van der Waals surface area (Å²) in [5, 5.41) is 0. The topological polar surface area (TPSA) is 49.6 Å². The fourth-order valence-corrected chi connectivity index (χ4v) is 4.88. The van der Waals surface area contributed by atoms with E-state index >= 15 is 0 Å². The summed E-state index contributed by atoms with van der Waals surface area (Å²) in [7, 11) is 0. The molecule has 4 unspecified atom stereocenters. The number of carbonyl (C=O) groups is 1. The first-order chi connectivity index (χ1) is 11.2. The molecule has 0 spiro atoms. The van der Waals surface area contributed by atoms with Gasteiger partial charge >= 0.3 is 0 Å². The molecule has 1 saturated heterocycles. The quantitative estimate of drug-likeness (QED) is 0.924. The zero-order chi connectivity index (χ0) is 15.8. The lowest BCUT2D eigenvalue weighted by molar-refractivity contribution is -0.139. The second kappa shape index (κ2) is 6.25. The molecule has 124 valence electrons. The zero-order valence-electron chi connectivity index (χ0n) is 13.7. The second-order valence-corrected chi connectivity index (χ2v) is 7.52. The molecule has 2 N–H and O–H groups in total. The van der Waals surface area contributed by atoms with E-state index in [0.717, 1.165) is 32.7 Å². The van der Waals surface area contributed by atoms with E-state index in [1.807, 2.05) is 0 Å². The van der Waals surface area contributed by atoms with Crippen molar-refractivity contribution in [1.82, 2.24) is 9.80 Å². The van der Waals surface area contributed by atoms with Gasteiger partial charge < -0.3 is 10.6 Å². The number of hydrogen-bond donors (Lipinski definition) is 1. The Hall–Kier alpha value is -1.39. The molecule has 1 aliphatic heterocycles. The van der Waals surface area contributed by atoms with Crippen molar-refractivity contribution in [2.75, 3.05) is 26.2 Å². The van der Waals surface area contributed by atoms with Crippen LogP contribution in [0.2, 0.25) is 0 Å². The van der Waals surface area contributed by atoms with E-state index in [2.05, 4.69) is 40.1 Å². The molecule has 1 aromatic rings. The van der Waals surface area contributed by atoms with Crippen molar-refractivity contribution in [3.8, 4) is 0 Å². The molecule has 4 nitrogen and oxygen atoms in total. The number of carbonyl (C=O) groups excluding carboxylic acids is 1. The van der Waals surface area contributed by atoms with Crippen molar-refractivity contribution in [2.45, 2.75) is 31.8 Å². The van der Waals surface area contributed by atoms with Crippen LogP contribution in [0.25, 0.3) is 0 Å². The van der Waals surface area contributed by atoms with Crippen molar-refractivity contribution in [3.05, 3.63) is 35.9 Å². The van der Waals surface area contributed by atoms with Gasteiger partial charge in [0.15, 0.2) is 0 Å². The number of nitrogens with two attached hydrogens (primary N) is 1. The van der Waals surface area contributed by atoms with Crippen LogP contribution in [0, 0.1) is 17.8 Å². The fourth-order valence-electron chi connectivity index (χ4n) is 4.88. The summed E-state index contributed by atoms with van der Waals surface area (Å²) in [6, 6.07) is 10.7. The third kappa shape index (κ3) is 2.90. The number of rotatable bonds is 3. The van der Waals surface area contributed by atoms with Crippen LogP contribution < -0.4 is 5.73 Å². The average Bonchev–Trinajstić information content (AvgIpc) is 3.17. The molecule has 4 rings (SSSR count). The van der Waals surface area contributed by atoms with Gasteiger partial charge in [0.1, 0.15) is 0 Å². The van der Waals surface area contributed by atoms with Crippen molar-refractivity contribution < 1.29 is 4.79 Å². The fraction of sp³-hybridized carbons (Fsp3) is 0.632. The van der Waals surface area contributed by atoms with E-state index in [-0.39, 0.29) is 12.0 Å². The first-order valence-electron chi connectivity index (χ1n) is 9.03. The van der Waals surface area contributed by atoms with E-state index in [4.69, 9.17) is 5.73 Å². The lowest BCUT2D eigenvalue weighted by Gasteiger charge is -2.38. The summed E-state index contributed by atoms with van der Waals surface area (Å²) in [6.45, 7) is 4.63. The Bertz CT molecular complexity index is 551. The molecule has 23 heavy (non-hydrogen) atoms. The molecule has 4 atom stereocenters. The first kappa shape index (κ1) is 15.2. The van der Waals surface area contributed by atoms with E-state index < -0.39 is 0 Å². The number of fused-ring (bicyclic) bond motifs is 2. The minimum Gasteiger partial charge on any atom is -0.340 e. The first-order valence-corrected chi connectivity index (χ1v) is 9.03. The summed E-state index contributed by atoms with van der Waals surface area (Å²) < 4.78 is 0. The zero-order valence-corrected chi connectivity index (χ0v) is 13.7. The number of nitrogens with zero attached hydrogens (tertiary/aromatic N) is 2. The van der Waals surface area contributed by atoms with Gasteiger partial charge in [-0.3, -0.25) is 9.69 Å². The van der Waals surface area contributed by atoms with E-state index in [0.29, 0.717) is 17.7 Å². The Kier molecular flexibility index (Phi) is 4.12. The Morgan fingerprint density at radius 2 is 1.74 bits per heavy atom. The predicted molar refractivity (Wildman–Crippen MR) is 90.6 cm³/mol. The second-order valence-electron chi connectivity index (χ2n) is 7.52. The third-order valence-electron chi connectivity index (χ3n) is 6.20. The number of benzene rings is 1. The molecule has 1 amide bonds. The van der Waals surface area contributed by atoms with Crippen LogP contribution in [0.4, 0.5) is 0 Å². The summed E-state index contributed by atoms with van der Waals surface area (Å²) in [6.07, 6.45) is 3.63. The summed E-state index contributed by atoms with van der Waals surface area (Å²) >= 11 is 0. The molecular weight excluding hydrogens is 286 g/mol. The molecule has 0 radical (unpaired) electrons. The van der Waals surface area contributed by atoms with Crippen LogP contribution >= 0.6 is 0 Å². The SMILES string of the molecule is NC1C2CCC(C2)C1C(=O)N1CCN(Cc2ccccc2)CC1. The minimum atomic E-state index is 0.106. The van der Waals surface area contributed by atoms with Gasteiger partial charge in [0, 0.05) is 38.8 Å². The van der Waals surface area contributed by atoms with E-state index in [9.17, 15) is 4.79 Å². The lowest BCUT2D eigenvalue weighted by atomic mass is 9.84. The highest BCUT2D eigenvalue weighted by atomic mass is 16.2. The normalized spacial score (nSPS) is 34.0. The molecule has 3 aliphatic rings. The van der Waals surface area contributed by atoms with Gasteiger partial charge in [-0.25, -0.2) is 0 Å². The average molecular weight is 313 g/mol. The van der Waals surface area contributed by atoms with Crippen molar-refractivity contribution in [3.63, 3.8) is 0 Å². The lowest BCUT2D eigenvalue weighted by Crippen LogP contribution is -2.53. The van der Waals surface area contributed by atoms with Crippen LogP contribution in [-0.4, -0.2) is 47.9 Å². The maximum Gasteiger partial charge on any atom is 0.227 e. The van der Waals surface area contributed by atoms with Crippen LogP contribution in [0.3, 0.4) is 0 Å². The summed E-state index contributed by atoms with van der Waals surface area (Å²) in [5.41, 5.74) is 7.69. The standard InChI is InChI=1S/C19H27N3O/c20-18-16-7-6-15(12-16)17(18)19(23)22-10-8-21(9-11-22)13-14-4-2-1-3-5-14/h1-5,15-18H,6-13,20H2. The largest absolute Gasteiger partial charge is 0.340 e. The molecule has 2 aliphatic carbocycles. The summed E-state index contributed by atoms with van der Waals surface area (Å²) in [5.74, 6) is 1.61. The van der Waals surface area contributed by atoms with Crippen LogP contribution in [0.1, 0.15) is 24.8 Å². The minimum absolute atomic E-state index is 0.106. The summed E-state index contributed by atoms with van der Waals surface area (Å²) in [4.78, 5) is 17.4. The smallest absolute Gasteiger partial charge is 0.227 e. The highest BCUT2D eigenvalue weighted by Gasteiger charge is 2.50. The molecule has 1 aromatic carbocycles. The maximum atomic E-state index is 12.9.